The minimum Gasteiger partial charge on any atom is -0.338 e. The molecule has 3 heteroatoms. The highest BCUT2D eigenvalue weighted by atomic mass is 35.5. The van der Waals surface area contributed by atoms with Gasteiger partial charge in [0.1, 0.15) is 5.82 Å². The van der Waals surface area contributed by atoms with Crippen LogP contribution in [0.25, 0.3) is 22.4 Å². The van der Waals surface area contributed by atoms with Crippen molar-refractivity contribution in [1.29, 1.82) is 0 Å². The Morgan fingerprint density at radius 2 is 1.84 bits per heavy atom. The molecular weight excluding hydrogens is 256 g/mol. The van der Waals surface area contributed by atoms with Crippen LogP contribution in [0.2, 0.25) is 5.02 Å². The van der Waals surface area contributed by atoms with Gasteiger partial charge in [-0.2, -0.15) is 0 Å². The van der Waals surface area contributed by atoms with E-state index in [-0.39, 0.29) is 0 Å². The number of fused-ring (bicyclic) bond motifs is 1. The first-order valence-corrected chi connectivity index (χ1v) is 6.66. The number of aromatic amines is 1. The number of nitrogens with one attached hydrogen (secondary N) is 1. The van der Waals surface area contributed by atoms with Crippen LogP contribution in [0.15, 0.2) is 30.3 Å². The predicted octanol–water partition coefficient (Wildman–Crippen LogP) is 4.81. The smallest absolute Gasteiger partial charge is 0.140 e. The number of rotatable bonds is 1. The maximum Gasteiger partial charge on any atom is 0.140 e. The lowest BCUT2D eigenvalue weighted by Crippen LogP contribution is -1.84. The Balaban J connectivity index is 2.26. The zero-order valence-corrected chi connectivity index (χ0v) is 12.0. The van der Waals surface area contributed by atoms with Crippen LogP contribution in [0.3, 0.4) is 0 Å². The topological polar surface area (TPSA) is 28.7 Å². The average Bonchev–Trinajstić information content (AvgIpc) is 2.76. The Kier molecular flexibility index (Phi) is 2.83. The van der Waals surface area contributed by atoms with Gasteiger partial charge in [0.15, 0.2) is 0 Å². The van der Waals surface area contributed by atoms with E-state index in [1.807, 2.05) is 25.1 Å². The molecule has 0 unspecified atom stereocenters. The fourth-order valence-corrected chi connectivity index (χ4v) is 2.64. The number of halogens is 1. The molecule has 1 heterocycles. The van der Waals surface area contributed by atoms with E-state index >= 15 is 0 Å². The lowest BCUT2D eigenvalue weighted by Gasteiger charge is -2.02. The van der Waals surface area contributed by atoms with Crippen molar-refractivity contribution in [3.63, 3.8) is 0 Å². The first kappa shape index (κ1) is 12.2. The average molecular weight is 271 g/mol. The molecule has 3 aromatic rings. The number of hydrogen-bond donors (Lipinski definition) is 1. The molecule has 0 aliphatic heterocycles. The molecule has 0 aliphatic rings. The fourth-order valence-electron chi connectivity index (χ4n) is 2.43. The summed E-state index contributed by atoms with van der Waals surface area (Å²) in [6.45, 7) is 6.17. The molecule has 0 atom stereocenters. The monoisotopic (exact) mass is 270 g/mol. The minimum atomic E-state index is 0.760. The zero-order valence-electron chi connectivity index (χ0n) is 11.2. The van der Waals surface area contributed by atoms with Crippen molar-refractivity contribution in [3.8, 4) is 11.4 Å². The van der Waals surface area contributed by atoms with Gasteiger partial charge in [-0.15, -0.1) is 0 Å². The van der Waals surface area contributed by atoms with Gasteiger partial charge in [-0.3, -0.25) is 0 Å². The molecule has 19 heavy (non-hydrogen) atoms. The van der Waals surface area contributed by atoms with Crippen molar-refractivity contribution < 1.29 is 0 Å². The lowest BCUT2D eigenvalue weighted by molar-refractivity contribution is 1.32. The number of hydrogen-bond acceptors (Lipinski definition) is 1. The number of imidazole rings is 1. The Bertz CT molecular complexity index is 772. The summed E-state index contributed by atoms with van der Waals surface area (Å²) in [6.07, 6.45) is 0. The molecule has 0 saturated heterocycles. The molecule has 0 bridgehead atoms. The maximum atomic E-state index is 6.37. The van der Waals surface area contributed by atoms with Crippen LogP contribution in [0.1, 0.15) is 16.7 Å². The molecule has 2 nitrogen and oxygen atoms in total. The van der Waals surface area contributed by atoms with Crippen LogP contribution in [-0.4, -0.2) is 9.97 Å². The lowest BCUT2D eigenvalue weighted by atomic mass is 10.1. The minimum absolute atomic E-state index is 0.760. The predicted molar refractivity (Wildman–Crippen MR) is 80.8 cm³/mol. The van der Waals surface area contributed by atoms with E-state index in [9.17, 15) is 0 Å². The molecule has 0 fully saturated rings. The number of nitrogens with zero attached hydrogens (tertiary/aromatic N) is 1. The number of H-pyrrole nitrogens is 1. The SMILES string of the molecule is Cc1cc(C)c2nc(-c3cccc(C)c3Cl)[nH]c2c1. The second-order valence-corrected chi connectivity index (χ2v) is 5.38. The van der Waals surface area contributed by atoms with Gasteiger partial charge < -0.3 is 4.98 Å². The van der Waals surface area contributed by atoms with Gasteiger partial charge in [0.2, 0.25) is 0 Å². The van der Waals surface area contributed by atoms with Crippen LogP contribution in [0.4, 0.5) is 0 Å². The zero-order chi connectivity index (χ0) is 13.6. The van der Waals surface area contributed by atoms with Gasteiger partial charge in [0.05, 0.1) is 16.1 Å². The van der Waals surface area contributed by atoms with Crippen LogP contribution < -0.4 is 0 Å². The van der Waals surface area contributed by atoms with Crippen LogP contribution in [-0.2, 0) is 0 Å². The van der Waals surface area contributed by atoms with Gasteiger partial charge >= 0.3 is 0 Å². The summed E-state index contributed by atoms with van der Waals surface area (Å²) >= 11 is 6.37. The van der Waals surface area contributed by atoms with E-state index in [2.05, 4.69) is 35.9 Å². The molecule has 1 aromatic heterocycles. The molecular formula is C16H15ClN2. The summed E-state index contributed by atoms with van der Waals surface area (Å²) in [4.78, 5) is 8.05. The van der Waals surface area contributed by atoms with E-state index < -0.39 is 0 Å². The van der Waals surface area contributed by atoms with Gasteiger partial charge in [0, 0.05) is 5.56 Å². The van der Waals surface area contributed by atoms with Gasteiger partial charge in [-0.05, 0) is 49.6 Å². The van der Waals surface area contributed by atoms with Crippen molar-refractivity contribution in [2.24, 2.45) is 0 Å². The molecule has 0 spiro atoms. The molecule has 0 aliphatic carbocycles. The van der Waals surface area contributed by atoms with E-state index in [1.165, 1.54) is 11.1 Å². The first-order valence-electron chi connectivity index (χ1n) is 6.28. The van der Waals surface area contributed by atoms with E-state index in [4.69, 9.17) is 11.6 Å². The molecule has 2 aromatic carbocycles. The maximum absolute atomic E-state index is 6.37. The second-order valence-electron chi connectivity index (χ2n) is 5.00. The van der Waals surface area contributed by atoms with Crippen LogP contribution in [0, 0.1) is 20.8 Å². The van der Waals surface area contributed by atoms with Gasteiger partial charge in [-0.1, -0.05) is 29.8 Å². The highest BCUT2D eigenvalue weighted by Crippen LogP contribution is 2.30. The number of aromatic nitrogens is 2. The molecule has 0 saturated carbocycles. The Morgan fingerprint density at radius 1 is 1.05 bits per heavy atom. The third kappa shape index (κ3) is 2.02. The van der Waals surface area contributed by atoms with Gasteiger partial charge in [0.25, 0.3) is 0 Å². The van der Waals surface area contributed by atoms with E-state index in [0.29, 0.717) is 0 Å². The third-order valence-electron chi connectivity index (χ3n) is 3.37. The summed E-state index contributed by atoms with van der Waals surface area (Å²) < 4.78 is 0. The molecule has 0 radical (unpaired) electrons. The summed E-state index contributed by atoms with van der Waals surface area (Å²) in [5, 5.41) is 0.760. The van der Waals surface area contributed by atoms with Crippen molar-refractivity contribution in [1.82, 2.24) is 9.97 Å². The van der Waals surface area contributed by atoms with Crippen molar-refractivity contribution in [2.45, 2.75) is 20.8 Å². The van der Waals surface area contributed by atoms with Crippen LogP contribution >= 0.6 is 11.6 Å². The highest BCUT2D eigenvalue weighted by Gasteiger charge is 2.11. The normalized spacial score (nSPS) is 11.2. The summed E-state index contributed by atoms with van der Waals surface area (Å²) in [5.74, 6) is 0.831. The summed E-state index contributed by atoms with van der Waals surface area (Å²) in [6, 6.07) is 10.3. The Hall–Kier alpha value is -1.80. The molecule has 96 valence electrons. The second kappa shape index (κ2) is 4.39. The first-order chi connectivity index (χ1) is 9.06. The van der Waals surface area contributed by atoms with Crippen molar-refractivity contribution >= 4 is 22.6 Å². The highest BCUT2D eigenvalue weighted by molar-refractivity contribution is 6.34. The fraction of sp³-hybridized carbons (Fsp3) is 0.188. The largest absolute Gasteiger partial charge is 0.338 e. The molecule has 0 amide bonds. The van der Waals surface area contributed by atoms with Crippen LogP contribution in [0.5, 0.6) is 0 Å². The Labute approximate surface area is 117 Å². The number of benzene rings is 2. The van der Waals surface area contributed by atoms with E-state index in [0.717, 1.165) is 33.0 Å². The van der Waals surface area contributed by atoms with Gasteiger partial charge in [-0.25, -0.2) is 4.98 Å². The molecule has 3 rings (SSSR count). The van der Waals surface area contributed by atoms with Crippen molar-refractivity contribution in [3.05, 3.63) is 52.0 Å². The Morgan fingerprint density at radius 3 is 2.63 bits per heavy atom. The summed E-state index contributed by atoms with van der Waals surface area (Å²) in [5.41, 5.74) is 6.50. The standard InChI is InChI=1S/C16H15ClN2/c1-9-7-11(3)15-13(8-9)18-16(19-15)12-6-4-5-10(2)14(12)17/h4-8H,1-3H3,(H,18,19). The van der Waals surface area contributed by atoms with E-state index in [1.54, 1.807) is 0 Å². The summed E-state index contributed by atoms with van der Waals surface area (Å²) in [7, 11) is 0. The third-order valence-corrected chi connectivity index (χ3v) is 3.87. The van der Waals surface area contributed by atoms with Crippen molar-refractivity contribution in [2.75, 3.05) is 0 Å². The number of aryl methyl sites for hydroxylation is 3. The molecule has 1 N–H and O–H groups in total. The quantitative estimate of drug-likeness (QED) is 0.675.